The molecule has 3 atom stereocenters. The van der Waals surface area contributed by atoms with Crippen molar-refractivity contribution < 1.29 is 37.4 Å². The molecule has 2 aromatic carbocycles. The van der Waals surface area contributed by atoms with Crippen LogP contribution in [0.5, 0.6) is 0 Å². The molecular weight excluding hydrogens is 528 g/mol. The van der Waals surface area contributed by atoms with E-state index in [0.29, 0.717) is 16.1 Å². The Morgan fingerprint density at radius 1 is 1.11 bits per heavy atom. The summed E-state index contributed by atoms with van der Waals surface area (Å²) in [4.78, 5) is 41.0. The van der Waals surface area contributed by atoms with Crippen LogP contribution in [0, 0.1) is 17.0 Å². The van der Waals surface area contributed by atoms with Crippen LogP contribution in [0.2, 0.25) is 0 Å². The van der Waals surface area contributed by atoms with Crippen molar-refractivity contribution in [2.24, 2.45) is 5.41 Å². The van der Waals surface area contributed by atoms with Crippen molar-refractivity contribution in [3.63, 3.8) is 0 Å². The molecule has 0 aliphatic carbocycles. The van der Waals surface area contributed by atoms with Crippen LogP contribution >= 0.6 is 15.9 Å². The van der Waals surface area contributed by atoms with Crippen LogP contribution in [-0.2, 0) is 28.6 Å². The number of ether oxygens (including phenoxy) is 3. The maximum absolute atomic E-state index is 15.2. The molecule has 0 radical (unpaired) electrons. The lowest BCUT2D eigenvalue weighted by Crippen LogP contribution is -2.52. The average Bonchev–Trinajstić information content (AvgIpc) is 3.32. The Kier molecular flexibility index (Phi) is 6.97. The Morgan fingerprint density at radius 2 is 1.80 bits per heavy atom. The van der Waals surface area contributed by atoms with Crippen molar-refractivity contribution in [1.82, 2.24) is 5.32 Å². The SMILES string of the molecule is CCOC(=O)C1(C(=O)OCC)C(c2cccc(Br)c2)[C@@]2(CCOC2=O)N[C@@H]1c1ccc(F)cc1F. The molecule has 4 rings (SSSR count). The monoisotopic (exact) mass is 551 g/mol. The number of hydrogen-bond donors (Lipinski definition) is 1. The van der Waals surface area contributed by atoms with Crippen LogP contribution < -0.4 is 5.32 Å². The van der Waals surface area contributed by atoms with Crippen LogP contribution in [0.1, 0.15) is 43.4 Å². The maximum Gasteiger partial charge on any atom is 0.327 e. The lowest BCUT2D eigenvalue weighted by Gasteiger charge is -2.37. The molecule has 0 aromatic heterocycles. The molecule has 2 aliphatic heterocycles. The maximum atomic E-state index is 15.2. The van der Waals surface area contributed by atoms with Crippen molar-refractivity contribution in [3.8, 4) is 0 Å². The summed E-state index contributed by atoms with van der Waals surface area (Å²) in [5.41, 5.74) is -3.54. The second-order valence-corrected chi connectivity index (χ2v) is 9.31. The highest BCUT2D eigenvalue weighted by molar-refractivity contribution is 9.10. The fourth-order valence-corrected chi connectivity index (χ4v) is 5.70. The third-order valence-electron chi connectivity index (χ3n) is 6.58. The number of hydrogen-bond acceptors (Lipinski definition) is 7. The summed E-state index contributed by atoms with van der Waals surface area (Å²) in [6.07, 6.45) is 0.100. The van der Waals surface area contributed by atoms with Gasteiger partial charge in [-0.15, -0.1) is 0 Å². The van der Waals surface area contributed by atoms with E-state index in [-0.39, 0.29) is 31.8 Å². The first-order valence-corrected chi connectivity index (χ1v) is 12.0. The minimum Gasteiger partial charge on any atom is -0.465 e. The second-order valence-electron chi connectivity index (χ2n) is 8.40. The molecule has 2 aliphatic rings. The number of cyclic esters (lactones) is 1. The van der Waals surface area contributed by atoms with Gasteiger partial charge < -0.3 is 14.2 Å². The second kappa shape index (κ2) is 9.66. The Labute approximate surface area is 209 Å². The van der Waals surface area contributed by atoms with Crippen LogP contribution in [0.4, 0.5) is 8.78 Å². The zero-order chi connectivity index (χ0) is 25.4. The number of carbonyl (C=O) groups excluding carboxylic acids is 3. The summed E-state index contributed by atoms with van der Waals surface area (Å²) in [5, 5.41) is 3.08. The summed E-state index contributed by atoms with van der Waals surface area (Å²) in [7, 11) is 0. The van der Waals surface area contributed by atoms with Gasteiger partial charge in [0.05, 0.1) is 25.9 Å². The molecule has 2 aromatic rings. The molecule has 186 valence electrons. The first kappa shape index (κ1) is 25.2. The van der Waals surface area contributed by atoms with Gasteiger partial charge in [-0.05, 0) is 37.6 Å². The van der Waals surface area contributed by atoms with E-state index in [0.717, 1.165) is 12.1 Å². The molecule has 2 saturated heterocycles. The van der Waals surface area contributed by atoms with Gasteiger partial charge in [-0.3, -0.25) is 19.7 Å². The summed E-state index contributed by atoms with van der Waals surface area (Å²) < 4.78 is 45.7. The lowest BCUT2D eigenvalue weighted by molar-refractivity contribution is -0.175. The standard InChI is InChI=1S/C25H24BrF2NO6/c1-3-33-22(31)25(23(32)34-4-2)19(14-6-5-7-15(26)12-14)24(10-11-35-21(24)30)29-20(25)17-9-8-16(27)13-18(17)28/h5-9,12-13,19-20,29H,3-4,10-11H2,1-2H3/t19?,20-,24-/m1/s1. The minimum atomic E-state index is -2.23. The number of rotatable bonds is 6. The predicted molar refractivity (Wildman–Crippen MR) is 123 cm³/mol. The molecule has 0 bridgehead atoms. The molecule has 2 heterocycles. The highest BCUT2D eigenvalue weighted by Crippen LogP contribution is 2.61. The number of nitrogens with one attached hydrogen (secondary N) is 1. The zero-order valence-electron chi connectivity index (χ0n) is 19.1. The third kappa shape index (κ3) is 3.92. The Bertz CT molecular complexity index is 1160. The van der Waals surface area contributed by atoms with E-state index in [2.05, 4.69) is 21.2 Å². The van der Waals surface area contributed by atoms with Gasteiger partial charge in [0.15, 0.2) is 5.41 Å². The molecule has 1 unspecified atom stereocenters. The van der Waals surface area contributed by atoms with E-state index in [1.54, 1.807) is 38.1 Å². The van der Waals surface area contributed by atoms with Gasteiger partial charge in [-0.2, -0.15) is 0 Å². The highest BCUT2D eigenvalue weighted by atomic mass is 79.9. The Balaban J connectivity index is 2.10. The van der Waals surface area contributed by atoms with E-state index < -0.39 is 52.5 Å². The quantitative estimate of drug-likeness (QED) is 0.330. The van der Waals surface area contributed by atoms with E-state index >= 15 is 4.39 Å². The summed E-state index contributed by atoms with van der Waals surface area (Å²) in [6, 6.07) is 8.19. The summed E-state index contributed by atoms with van der Waals surface area (Å²) >= 11 is 3.40. The number of carbonyl (C=O) groups is 3. The summed E-state index contributed by atoms with van der Waals surface area (Å²) in [5.74, 6) is -5.67. The first-order chi connectivity index (χ1) is 16.7. The van der Waals surface area contributed by atoms with Gasteiger partial charge in [-0.1, -0.05) is 34.1 Å². The normalized spacial score (nSPS) is 24.9. The molecular formula is C25H24BrF2NO6. The van der Waals surface area contributed by atoms with Gasteiger partial charge >= 0.3 is 17.9 Å². The first-order valence-electron chi connectivity index (χ1n) is 11.2. The van der Waals surface area contributed by atoms with Gasteiger partial charge in [-0.25, -0.2) is 8.78 Å². The predicted octanol–water partition coefficient (Wildman–Crippen LogP) is 3.95. The van der Waals surface area contributed by atoms with Crippen LogP contribution in [-0.4, -0.2) is 43.3 Å². The number of esters is 3. The largest absolute Gasteiger partial charge is 0.465 e. The Morgan fingerprint density at radius 3 is 2.34 bits per heavy atom. The van der Waals surface area contributed by atoms with Crippen molar-refractivity contribution in [2.75, 3.05) is 19.8 Å². The molecule has 0 amide bonds. The van der Waals surface area contributed by atoms with Crippen LogP contribution in [0.3, 0.4) is 0 Å². The van der Waals surface area contributed by atoms with E-state index in [9.17, 15) is 18.8 Å². The smallest absolute Gasteiger partial charge is 0.327 e. The van der Waals surface area contributed by atoms with Crippen molar-refractivity contribution >= 4 is 33.8 Å². The van der Waals surface area contributed by atoms with Crippen molar-refractivity contribution in [2.45, 2.75) is 37.8 Å². The average molecular weight is 552 g/mol. The highest BCUT2D eigenvalue weighted by Gasteiger charge is 2.75. The third-order valence-corrected chi connectivity index (χ3v) is 7.07. The van der Waals surface area contributed by atoms with E-state index in [1.165, 1.54) is 0 Å². The van der Waals surface area contributed by atoms with Crippen molar-refractivity contribution in [1.29, 1.82) is 0 Å². The molecule has 0 saturated carbocycles. The number of benzene rings is 2. The fraction of sp³-hybridized carbons (Fsp3) is 0.400. The molecule has 10 heteroatoms. The van der Waals surface area contributed by atoms with Gasteiger partial charge in [0, 0.05) is 28.4 Å². The van der Waals surface area contributed by atoms with Gasteiger partial charge in [0.25, 0.3) is 0 Å². The molecule has 35 heavy (non-hydrogen) atoms. The molecule has 1 N–H and O–H groups in total. The molecule has 2 fully saturated rings. The number of halogens is 3. The molecule has 7 nitrogen and oxygen atoms in total. The van der Waals surface area contributed by atoms with Crippen LogP contribution in [0.15, 0.2) is 46.9 Å². The zero-order valence-corrected chi connectivity index (χ0v) is 20.7. The summed E-state index contributed by atoms with van der Waals surface area (Å²) in [6.45, 7) is 3.00. The topological polar surface area (TPSA) is 90.9 Å². The fourth-order valence-electron chi connectivity index (χ4n) is 5.29. The Hall–Kier alpha value is -2.85. The molecule has 1 spiro atoms. The van der Waals surface area contributed by atoms with Gasteiger partial charge in [0.2, 0.25) is 0 Å². The van der Waals surface area contributed by atoms with E-state index in [1.807, 2.05) is 0 Å². The lowest BCUT2D eigenvalue weighted by atomic mass is 9.62. The van der Waals surface area contributed by atoms with Crippen LogP contribution in [0.25, 0.3) is 0 Å². The van der Waals surface area contributed by atoms with Crippen molar-refractivity contribution in [3.05, 3.63) is 69.7 Å². The van der Waals surface area contributed by atoms with Gasteiger partial charge in [0.1, 0.15) is 17.2 Å². The minimum absolute atomic E-state index is 0.0245. The van der Waals surface area contributed by atoms with E-state index in [4.69, 9.17) is 14.2 Å².